The molecule has 4 aromatic carbocycles. The van der Waals surface area contributed by atoms with Crippen LogP contribution in [0.3, 0.4) is 0 Å². The van der Waals surface area contributed by atoms with Gasteiger partial charge in [-0.05, 0) is 48.4 Å². The van der Waals surface area contributed by atoms with Gasteiger partial charge in [-0.3, -0.25) is 0 Å². The fourth-order valence-electron chi connectivity index (χ4n) is 4.67. The van der Waals surface area contributed by atoms with E-state index in [1.165, 1.54) is 16.4 Å². The Balaban J connectivity index is 1.44. The lowest BCUT2D eigenvalue weighted by molar-refractivity contribution is 0.130. The molecule has 0 spiro atoms. The SMILES string of the molecule is O=S(=O)(c1ccc(Cl)cc1)N(CCc1ccccc1)CC(O)Cn1c2ccccc2c2ccccc21. The summed E-state index contributed by atoms with van der Waals surface area (Å²) in [7, 11) is -3.84. The molecule has 0 amide bonds. The van der Waals surface area contributed by atoms with Crippen LogP contribution in [-0.4, -0.2) is 41.6 Å². The normalized spacial score (nSPS) is 13.0. The van der Waals surface area contributed by atoms with Gasteiger partial charge in [0.15, 0.2) is 0 Å². The molecule has 7 heteroatoms. The van der Waals surface area contributed by atoms with Gasteiger partial charge in [0.2, 0.25) is 10.0 Å². The lowest BCUT2D eigenvalue weighted by Crippen LogP contribution is -2.40. The molecule has 1 N–H and O–H groups in total. The van der Waals surface area contributed by atoms with Crippen LogP contribution in [0.25, 0.3) is 21.8 Å². The van der Waals surface area contributed by atoms with Crippen molar-refractivity contribution in [2.75, 3.05) is 13.1 Å². The second-order valence-corrected chi connectivity index (χ2v) is 11.2. The van der Waals surface area contributed by atoms with Gasteiger partial charge in [-0.25, -0.2) is 8.42 Å². The minimum Gasteiger partial charge on any atom is -0.390 e. The topological polar surface area (TPSA) is 62.5 Å². The van der Waals surface area contributed by atoms with E-state index in [1.54, 1.807) is 12.1 Å². The number of aliphatic hydroxyl groups excluding tert-OH is 1. The van der Waals surface area contributed by atoms with Gasteiger partial charge in [0.1, 0.15) is 0 Å². The van der Waals surface area contributed by atoms with Gasteiger partial charge in [-0.15, -0.1) is 0 Å². The second kappa shape index (κ2) is 10.4. The zero-order chi connectivity index (χ0) is 25.1. The fourth-order valence-corrected chi connectivity index (χ4v) is 6.27. The Hall–Kier alpha value is -3.16. The molecule has 184 valence electrons. The summed E-state index contributed by atoms with van der Waals surface area (Å²) < 4.78 is 30.6. The fraction of sp³-hybridized carbons (Fsp3) is 0.172. The molecule has 5 nitrogen and oxygen atoms in total. The number of sulfonamides is 1. The van der Waals surface area contributed by atoms with E-state index in [-0.39, 0.29) is 24.5 Å². The maximum absolute atomic E-state index is 13.6. The first-order chi connectivity index (χ1) is 17.4. The van der Waals surface area contributed by atoms with Crippen LogP contribution in [0.15, 0.2) is 108 Å². The van der Waals surface area contributed by atoms with Crippen LogP contribution in [0.4, 0.5) is 0 Å². The summed E-state index contributed by atoms with van der Waals surface area (Å²) in [6.45, 7) is 0.490. The van der Waals surface area contributed by atoms with E-state index < -0.39 is 16.1 Å². The molecular weight excluding hydrogens is 492 g/mol. The summed E-state index contributed by atoms with van der Waals surface area (Å²) in [5.41, 5.74) is 3.05. The van der Waals surface area contributed by atoms with E-state index in [2.05, 4.69) is 16.7 Å². The van der Waals surface area contributed by atoms with E-state index in [0.29, 0.717) is 11.4 Å². The molecule has 0 saturated heterocycles. The van der Waals surface area contributed by atoms with Crippen LogP contribution in [0.2, 0.25) is 5.02 Å². The van der Waals surface area contributed by atoms with Gasteiger partial charge in [-0.2, -0.15) is 4.31 Å². The average molecular weight is 519 g/mol. The van der Waals surface area contributed by atoms with Crippen molar-refractivity contribution in [1.29, 1.82) is 0 Å². The Bertz CT molecular complexity index is 1530. The van der Waals surface area contributed by atoms with Gasteiger partial charge in [-0.1, -0.05) is 78.3 Å². The predicted octanol–water partition coefficient (Wildman–Crippen LogP) is 5.74. The van der Waals surface area contributed by atoms with Gasteiger partial charge in [0.25, 0.3) is 0 Å². The summed E-state index contributed by atoms with van der Waals surface area (Å²) in [6.07, 6.45) is -0.377. The van der Waals surface area contributed by atoms with Crippen LogP contribution < -0.4 is 0 Å². The van der Waals surface area contributed by atoms with Crippen molar-refractivity contribution in [1.82, 2.24) is 8.87 Å². The molecule has 0 fully saturated rings. The Morgan fingerprint density at radius 2 is 1.33 bits per heavy atom. The monoisotopic (exact) mass is 518 g/mol. The number of rotatable bonds is 9. The third-order valence-corrected chi connectivity index (χ3v) is 8.56. The Morgan fingerprint density at radius 1 is 0.778 bits per heavy atom. The number of hydrogen-bond acceptors (Lipinski definition) is 3. The first-order valence-corrected chi connectivity index (χ1v) is 13.7. The molecule has 1 heterocycles. The number of benzene rings is 4. The quantitative estimate of drug-likeness (QED) is 0.270. The van der Waals surface area contributed by atoms with Crippen molar-refractivity contribution in [2.45, 2.75) is 24.0 Å². The molecule has 5 rings (SSSR count). The standard InChI is InChI=1S/C29H27ClN2O3S/c30-23-14-16-25(17-15-23)36(34,35)31(19-18-22-8-2-1-3-9-22)20-24(33)21-32-28-12-6-4-10-26(28)27-11-5-7-13-29(27)32/h1-17,24,33H,18-21H2. The number of halogens is 1. The number of nitrogens with zero attached hydrogens (tertiary/aromatic N) is 2. The molecule has 0 aliphatic rings. The number of fused-ring (bicyclic) bond motifs is 3. The van der Waals surface area contributed by atoms with Gasteiger partial charge < -0.3 is 9.67 Å². The molecule has 36 heavy (non-hydrogen) atoms. The molecule has 0 saturated carbocycles. The lowest BCUT2D eigenvalue weighted by atomic mass is 10.1. The summed E-state index contributed by atoms with van der Waals surface area (Å²) in [4.78, 5) is 0.157. The molecule has 0 aliphatic carbocycles. The van der Waals surface area contributed by atoms with Crippen LogP contribution >= 0.6 is 11.6 Å². The van der Waals surface area contributed by atoms with E-state index >= 15 is 0 Å². The van der Waals surface area contributed by atoms with Crippen LogP contribution in [-0.2, 0) is 23.0 Å². The number of hydrogen-bond donors (Lipinski definition) is 1. The van der Waals surface area contributed by atoms with E-state index in [9.17, 15) is 13.5 Å². The van der Waals surface area contributed by atoms with Crippen molar-refractivity contribution in [3.05, 3.63) is 114 Å². The average Bonchev–Trinajstić information content (AvgIpc) is 3.21. The van der Waals surface area contributed by atoms with Gasteiger partial charge in [0.05, 0.1) is 17.5 Å². The highest BCUT2D eigenvalue weighted by Gasteiger charge is 2.27. The molecule has 0 aliphatic heterocycles. The minimum atomic E-state index is -3.84. The molecular formula is C29H27ClN2O3S. The van der Waals surface area contributed by atoms with Crippen molar-refractivity contribution in [2.24, 2.45) is 0 Å². The van der Waals surface area contributed by atoms with E-state index in [4.69, 9.17) is 11.6 Å². The minimum absolute atomic E-state index is 0.0291. The summed E-state index contributed by atoms with van der Waals surface area (Å²) in [5, 5.41) is 13.9. The maximum Gasteiger partial charge on any atom is 0.243 e. The number of para-hydroxylation sites is 2. The molecule has 5 aromatic rings. The molecule has 0 bridgehead atoms. The van der Waals surface area contributed by atoms with Gasteiger partial charge in [0, 0.05) is 39.9 Å². The zero-order valence-electron chi connectivity index (χ0n) is 19.7. The lowest BCUT2D eigenvalue weighted by Gasteiger charge is -2.25. The number of aliphatic hydroxyl groups is 1. The molecule has 1 aromatic heterocycles. The van der Waals surface area contributed by atoms with Crippen molar-refractivity contribution >= 4 is 43.4 Å². The van der Waals surface area contributed by atoms with Crippen molar-refractivity contribution in [3.8, 4) is 0 Å². The third kappa shape index (κ3) is 5.04. The smallest absolute Gasteiger partial charge is 0.243 e. The number of aromatic nitrogens is 1. The Labute approximate surface area is 216 Å². The largest absolute Gasteiger partial charge is 0.390 e. The van der Waals surface area contributed by atoms with Crippen molar-refractivity contribution < 1.29 is 13.5 Å². The highest BCUT2D eigenvalue weighted by atomic mass is 35.5. The van der Waals surface area contributed by atoms with Crippen LogP contribution in [0.5, 0.6) is 0 Å². The molecule has 0 radical (unpaired) electrons. The first-order valence-electron chi connectivity index (χ1n) is 11.9. The second-order valence-electron chi connectivity index (χ2n) is 8.85. The first kappa shape index (κ1) is 24.5. The Morgan fingerprint density at radius 3 is 1.94 bits per heavy atom. The third-order valence-electron chi connectivity index (χ3n) is 6.43. The summed E-state index contributed by atoms with van der Waals surface area (Å²) in [5.74, 6) is 0. The van der Waals surface area contributed by atoms with Crippen LogP contribution in [0.1, 0.15) is 5.56 Å². The maximum atomic E-state index is 13.6. The van der Waals surface area contributed by atoms with Gasteiger partial charge >= 0.3 is 0 Å². The summed E-state index contributed by atoms with van der Waals surface area (Å²) in [6, 6.07) is 32.0. The Kier molecular flexibility index (Phi) is 7.12. The highest BCUT2D eigenvalue weighted by molar-refractivity contribution is 7.89. The molecule has 1 atom stereocenters. The van der Waals surface area contributed by atoms with E-state index in [1.807, 2.05) is 66.7 Å². The predicted molar refractivity (Wildman–Crippen MR) is 146 cm³/mol. The van der Waals surface area contributed by atoms with E-state index in [0.717, 1.165) is 27.4 Å². The molecule has 1 unspecified atom stereocenters. The summed E-state index contributed by atoms with van der Waals surface area (Å²) >= 11 is 5.99. The van der Waals surface area contributed by atoms with Crippen LogP contribution in [0, 0.1) is 0 Å². The highest BCUT2D eigenvalue weighted by Crippen LogP contribution is 2.29. The zero-order valence-corrected chi connectivity index (χ0v) is 21.2. The van der Waals surface area contributed by atoms with Crippen molar-refractivity contribution in [3.63, 3.8) is 0 Å².